The lowest BCUT2D eigenvalue weighted by atomic mass is 9.91. The molecule has 19 heavy (non-hydrogen) atoms. The number of ether oxygens (including phenoxy) is 1. The molecule has 1 aliphatic rings. The molecule has 0 saturated carbocycles. The van der Waals surface area contributed by atoms with Gasteiger partial charge >= 0.3 is 0 Å². The van der Waals surface area contributed by atoms with Gasteiger partial charge in [-0.15, -0.1) is 0 Å². The highest BCUT2D eigenvalue weighted by atomic mass is 19.1. The molecule has 0 aliphatic carbocycles. The van der Waals surface area contributed by atoms with Gasteiger partial charge in [0.25, 0.3) is 5.91 Å². The van der Waals surface area contributed by atoms with Gasteiger partial charge in [-0.25, -0.2) is 9.40 Å². The number of nitrogens with zero attached hydrogens (tertiary/aromatic N) is 2. The van der Waals surface area contributed by atoms with Crippen molar-refractivity contribution in [3.63, 3.8) is 0 Å². The molecule has 6 nitrogen and oxygen atoms in total. The molecule has 1 amide bonds. The number of halogens is 1. The summed E-state index contributed by atoms with van der Waals surface area (Å²) in [4.78, 5) is 11.9. The number of methoxy groups -OCH3 is 1. The van der Waals surface area contributed by atoms with E-state index in [1.165, 1.54) is 33.2 Å². The average molecular weight is 267 g/mol. The second-order valence-electron chi connectivity index (χ2n) is 4.36. The van der Waals surface area contributed by atoms with Crippen LogP contribution in [0.5, 0.6) is 5.75 Å². The number of rotatable bonds is 3. The van der Waals surface area contributed by atoms with Crippen LogP contribution in [0.15, 0.2) is 23.3 Å². The fraction of sp³-hybridized carbons (Fsp3) is 0.333. The molecule has 0 saturated heterocycles. The Kier molecular flexibility index (Phi) is 3.25. The first kappa shape index (κ1) is 13.4. The maximum Gasteiger partial charge on any atom is 0.270 e. The molecule has 1 aromatic rings. The number of nitrogens with one attached hydrogen (secondary N) is 1. The molecule has 0 spiro atoms. The second kappa shape index (κ2) is 4.60. The number of amides is 1. The lowest BCUT2D eigenvalue weighted by Gasteiger charge is -2.21. The zero-order valence-electron chi connectivity index (χ0n) is 10.8. The standard InChI is InChI=1S/C12H14FN3O3/c1-12(15-18)10(14-16(2)11(12)17)7-4-5-9(19-3)8(13)6-7/h4-6,15,18H,1-3H3. The van der Waals surface area contributed by atoms with E-state index < -0.39 is 17.3 Å². The highest BCUT2D eigenvalue weighted by Gasteiger charge is 2.46. The summed E-state index contributed by atoms with van der Waals surface area (Å²) in [5.41, 5.74) is 1.18. The van der Waals surface area contributed by atoms with Crippen molar-refractivity contribution in [2.75, 3.05) is 14.2 Å². The molecule has 2 rings (SSSR count). The van der Waals surface area contributed by atoms with Crippen molar-refractivity contribution in [3.05, 3.63) is 29.6 Å². The lowest BCUT2D eigenvalue weighted by Crippen LogP contribution is -2.53. The van der Waals surface area contributed by atoms with Gasteiger partial charge in [-0.3, -0.25) is 4.79 Å². The normalized spacial score (nSPS) is 22.7. The number of hydrogen-bond acceptors (Lipinski definition) is 5. The summed E-state index contributed by atoms with van der Waals surface area (Å²) in [5.74, 6) is -0.896. The number of carbonyl (C=O) groups excluding carboxylic acids is 1. The molecule has 0 aromatic heterocycles. The summed E-state index contributed by atoms with van der Waals surface area (Å²) in [6.07, 6.45) is 0. The molecule has 7 heteroatoms. The van der Waals surface area contributed by atoms with E-state index in [0.717, 1.165) is 5.01 Å². The van der Waals surface area contributed by atoms with Crippen molar-refractivity contribution < 1.29 is 19.1 Å². The van der Waals surface area contributed by atoms with E-state index in [1.54, 1.807) is 6.07 Å². The maximum absolute atomic E-state index is 13.7. The molecule has 0 bridgehead atoms. The Morgan fingerprint density at radius 2 is 2.21 bits per heavy atom. The first-order chi connectivity index (χ1) is 8.93. The van der Waals surface area contributed by atoms with Crippen LogP contribution in [0.3, 0.4) is 0 Å². The quantitative estimate of drug-likeness (QED) is 0.792. The average Bonchev–Trinajstić information content (AvgIpc) is 2.64. The summed E-state index contributed by atoms with van der Waals surface area (Å²) < 4.78 is 18.5. The van der Waals surface area contributed by atoms with Gasteiger partial charge in [0, 0.05) is 12.6 Å². The highest BCUT2D eigenvalue weighted by Crippen LogP contribution is 2.26. The lowest BCUT2D eigenvalue weighted by molar-refractivity contribution is -0.134. The summed E-state index contributed by atoms with van der Waals surface area (Å²) >= 11 is 0. The van der Waals surface area contributed by atoms with Crippen molar-refractivity contribution in [2.45, 2.75) is 12.5 Å². The van der Waals surface area contributed by atoms with E-state index in [-0.39, 0.29) is 11.5 Å². The van der Waals surface area contributed by atoms with E-state index in [4.69, 9.17) is 4.74 Å². The molecule has 0 radical (unpaired) electrons. The van der Waals surface area contributed by atoms with Crippen molar-refractivity contribution in [1.82, 2.24) is 10.5 Å². The third kappa shape index (κ3) is 1.96. The largest absolute Gasteiger partial charge is 0.494 e. The SMILES string of the molecule is COc1ccc(C2=NN(C)C(=O)C2(C)NO)cc1F. The van der Waals surface area contributed by atoms with Crippen LogP contribution < -0.4 is 10.2 Å². The van der Waals surface area contributed by atoms with Gasteiger partial charge in [0.2, 0.25) is 0 Å². The Morgan fingerprint density at radius 3 is 2.74 bits per heavy atom. The Morgan fingerprint density at radius 1 is 1.53 bits per heavy atom. The van der Waals surface area contributed by atoms with Gasteiger partial charge in [0.15, 0.2) is 17.1 Å². The number of likely N-dealkylation sites (N-methyl/N-ethyl adjacent to an activating group) is 1. The number of hydroxylamine groups is 1. The first-order valence-electron chi connectivity index (χ1n) is 5.56. The van der Waals surface area contributed by atoms with Crippen molar-refractivity contribution >= 4 is 11.6 Å². The second-order valence-corrected chi connectivity index (χ2v) is 4.36. The van der Waals surface area contributed by atoms with Gasteiger partial charge in [0.05, 0.1) is 7.11 Å². The van der Waals surface area contributed by atoms with Crippen LogP contribution in [0, 0.1) is 5.82 Å². The molecule has 1 aliphatic heterocycles. The Hall–Kier alpha value is -1.99. The van der Waals surface area contributed by atoms with E-state index in [0.29, 0.717) is 5.56 Å². The summed E-state index contributed by atoms with van der Waals surface area (Å²) in [6, 6.07) is 4.22. The maximum atomic E-state index is 13.7. The first-order valence-corrected chi connectivity index (χ1v) is 5.56. The molecule has 1 unspecified atom stereocenters. The molecule has 1 atom stereocenters. The van der Waals surface area contributed by atoms with Crippen LogP contribution in [-0.4, -0.2) is 41.5 Å². The molecule has 102 valence electrons. The zero-order chi connectivity index (χ0) is 14.2. The van der Waals surface area contributed by atoms with E-state index in [9.17, 15) is 14.4 Å². The predicted octanol–water partition coefficient (Wildman–Crippen LogP) is 0.748. The van der Waals surface area contributed by atoms with Crippen LogP contribution in [0.2, 0.25) is 0 Å². The topological polar surface area (TPSA) is 74.2 Å². The molecule has 2 N–H and O–H groups in total. The molecular formula is C12H14FN3O3. The number of hydrazone groups is 1. The third-order valence-corrected chi connectivity index (χ3v) is 3.09. The monoisotopic (exact) mass is 267 g/mol. The van der Waals surface area contributed by atoms with Crippen LogP contribution in [-0.2, 0) is 4.79 Å². The summed E-state index contributed by atoms with van der Waals surface area (Å²) in [6.45, 7) is 1.47. The number of hydrogen-bond donors (Lipinski definition) is 2. The minimum Gasteiger partial charge on any atom is -0.494 e. The predicted molar refractivity (Wildman–Crippen MR) is 65.6 cm³/mol. The van der Waals surface area contributed by atoms with E-state index in [1.807, 2.05) is 5.48 Å². The van der Waals surface area contributed by atoms with Crippen LogP contribution >= 0.6 is 0 Å². The highest BCUT2D eigenvalue weighted by molar-refractivity contribution is 6.23. The number of carbonyl (C=O) groups is 1. The summed E-state index contributed by atoms with van der Waals surface area (Å²) in [7, 11) is 2.83. The van der Waals surface area contributed by atoms with Crippen molar-refractivity contribution in [1.29, 1.82) is 0 Å². The van der Waals surface area contributed by atoms with Gasteiger partial charge in [-0.05, 0) is 25.1 Å². The molecule has 0 fully saturated rings. The van der Waals surface area contributed by atoms with Gasteiger partial charge in [-0.2, -0.15) is 10.6 Å². The Balaban J connectivity index is 2.49. The number of benzene rings is 1. The van der Waals surface area contributed by atoms with Crippen molar-refractivity contribution in [3.8, 4) is 5.75 Å². The third-order valence-electron chi connectivity index (χ3n) is 3.09. The molecule has 1 aromatic carbocycles. The fourth-order valence-corrected chi connectivity index (χ4v) is 1.98. The minimum atomic E-state index is -1.39. The van der Waals surface area contributed by atoms with Crippen LogP contribution in [0.4, 0.5) is 4.39 Å². The summed E-state index contributed by atoms with van der Waals surface area (Å²) in [5, 5.41) is 14.3. The zero-order valence-corrected chi connectivity index (χ0v) is 10.8. The van der Waals surface area contributed by atoms with E-state index >= 15 is 0 Å². The van der Waals surface area contributed by atoms with E-state index in [2.05, 4.69) is 5.10 Å². The fourth-order valence-electron chi connectivity index (χ4n) is 1.98. The van der Waals surface area contributed by atoms with Gasteiger partial charge < -0.3 is 9.94 Å². The Labute approximate surface area is 109 Å². The van der Waals surface area contributed by atoms with Gasteiger partial charge in [-0.1, -0.05) is 0 Å². The van der Waals surface area contributed by atoms with Crippen molar-refractivity contribution in [2.24, 2.45) is 5.10 Å². The minimum absolute atomic E-state index is 0.0979. The molecule has 1 heterocycles. The molecular weight excluding hydrogens is 253 g/mol. The van der Waals surface area contributed by atoms with Crippen LogP contribution in [0.1, 0.15) is 12.5 Å². The Bertz CT molecular complexity index is 561. The smallest absolute Gasteiger partial charge is 0.270 e. The van der Waals surface area contributed by atoms with Gasteiger partial charge in [0.1, 0.15) is 5.71 Å². The van der Waals surface area contributed by atoms with Crippen LogP contribution in [0.25, 0.3) is 0 Å².